The van der Waals surface area contributed by atoms with Crippen molar-refractivity contribution in [2.24, 2.45) is 0 Å². The van der Waals surface area contributed by atoms with Gasteiger partial charge in [0, 0.05) is 7.05 Å². The lowest BCUT2D eigenvalue weighted by Gasteiger charge is -2.25. The van der Waals surface area contributed by atoms with Gasteiger partial charge in [-0.1, -0.05) is 30.3 Å². The Morgan fingerprint density at radius 2 is 1.96 bits per heavy atom. The van der Waals surface area contributed by atoms with Crippen LogP contribution in [0, 0.1) is 5.82 Å². The highest BCUT2D eigenvalue weighted by Gasteiger charge is 2.18. The molecule has 0 N–H and O–H groups in total. The van der Waals surface area contributed by atoms with Gasteiger partial charge in [-0.15, -0.1) is 0 Å². The maximum Gasteiger partial charge on any atom is 0.261 e. The van der Waals surface area contributed by atoms with Crippen LogP contribution in [0.5, 0.6) is 0 Å². The molecule has 3 rings (SSSR count). The molecule has 0 spiro atoms. The number of hydrogen-bond donors (Lipinski definition) is 0. The first-order valence-electron chi connectivity index (χ1n) is 7.92. The van der Waals surface area contributed by atoms with Crippen LogP contribution < -0.4 is 5.56 Å². The van der Waals surface area contributed by atoms with Crippen LogP contribution in [0.25, 0.3) is 10.9 Å². The minimum absolute atomic E-state index is 0.129. The van der Waals surface area contributed by atoms with Crippen molar-refractivity contribution < 1.29 is 9.18 Å². The number of benzene rings is 2. The van der Waals surface area contributed by atoms with E-state index in [0.29, 0.717) is 5.52 Å². The molecule has 6 heteroatoms. The number of carbonyl (C=O) groups excluding carboxylic acids is 1. The minimum atomic E-state index is -0.509. The normalized spacial score (nSPS) is 12.1. The molecule has 1 unspecified atom stereocenters. The molecule has 0 aliphatic heterocycles. The lowest BCUT2D eigenvalue weighted by atomic mass is 10.1. The van der Waals surface area contributed by atoms with E-state index in [4.69, 9.17) is 0 Å². The lowest BCUT2D eigenvalue weighted by molar-refractivity contribution is -0.132. The molecule has 5 nitrogen and oxygen atoms in total. The van der Waals surface area contributed by atoms with E-state index in [-0.39, 0.29) is 23.9 Å². The molecule has 2 aromatic carbocycles. The first kappa shape index (κ1) is 16.8. The van der Waals surface area contributed by atoms with Crippen LogP contribution in [0.2, 0.25) is 0 Å². The molecule has 1 heterocycles. The van der Waals surface area contributed by atoms with Gasteiger partial charge in [0.05, 0.1) is 23.3 Å². The van der Waals surface area contributed by atoms with Gasteiger partial charge in [0.1, 0.15) is 12.4 Å². The van der Waals surface area contributed by atoms with Crippen molar-refractivity contribution in [2.45, 2.75) is 19.5 Å². The number of fused-ring (bicyclic) bond motifs is 1. The Labute approximate surface area is 144 Å². The van der Waals surface area contributed by atoms with E-state index in [1.165, 1.54) is 23.0 Å². The van der Waals surface area contributed by atoms with Crippen LogP contribution in [0.15, 0.2) is 59.7 Å². The maximum absolute atomic E-state index is 13.4. The molecule has 25 heavy (non-hydrogen) atoms. The Balaban J connectivity index is 1.84. The molecule has 0 aliphatic rings. The number of nitrogens with zero attached hydrogens (tertiary/aromatic N) is 3. The second-order valence-corrected chi connectivity index (χ2v) is 5.93. The summed E-state index contributed by atoms with van der Waals surface area (Å²) in [5, 5.41) is 0.161. The number of rotatable bonds is 4. The van der Waals surface area contributed by atoms with Crippen molar-refractivity contribution in [1.82, 2.24) is 14.5 Å². The summed E-state index contributed by atoms with van der Waals surface area (Å²) in [5.41, 5.74) is 0.976. The molecule has 0 saturated heterocycles. The molecule has 0 saturated carbocycles. The Kier molecular flexibility index (Phi) is 4.61. The summed E-state index contributed by atoms with van der Waals surface area (Å²) >= 11 is 0. The van der Waals surface area contributed by atoms with Gasteiger partial charge >= 0.3 is 0 Å². The summed E-state index contributed by atoms with van der Waals surface area (Å²) in [5.74, 6) is -0.735. The van der Waals surface area contributed by atoms with Crippen molar-refractivity contribution in [3.8, 4) is 0 Å². The quantitative estimate of drug-likeness (QED) is 0.734. The molecule has 128 valence electrons. The molecule has 0 fully saturated rings. The van der Waals surface area contributed by atoms with Crippen LogP contribution in [-0.2, 0) is 11.3 Å². The smallest absolute Gasteiger partial charge is 0.261 e. The molecule has 0 bridgehead atoms. The molecule has 0 radical (unpaired) electrons. The highest BCUT2D eigenvalue weighted by Crippen LogP contribution is 2.18. The van der Waals surface area contributed by atoms with Crippen molar-refractivity contribution >= 4 is 16.8 Å². The zero-order valence-corrected chi connectivity index (χ0v) is 14.0. The third kappa shape index (κ3) is 3.42. The SMILES string of the molecule is CC(c1ccccc1)N(C)C(=O)Cn1cnc2ccc(F)cc2c1=O. The van der Waals surface area contributed by atoms with Crippen LogP contribution >= 0.6 is 0 Å². The molecular weight excluding hydrogens is 321 g/mol. The van der Waals surface area contributed by atoms with Crippen LogP contribution in [-0.4, -0.2) is 27.4 Å². The standard InChI is InChI=1S/C19H18FN3O2/c1-13(14-6-4-3-5-7-14)22(2)18(24)11-23-12-21-17-9-8-15(20)10-16(17)19(23)25/h3-10,12-13H,11H2,1-2H3. The largest absolute Gasteiger partial charge is 0.337 e. The minimum Gasteiger partial charge on any atom is -0.337 e. The number of halogens is 1. The first-order chi connectivity index (χ1) is 12.0. The van der Waals surface area contributed by atoms with Gasteiger partial charge in [0.15, 0.2) is 0 Å². The van der Waals surface area contributed by atoms with Gasteiger partial charge in [0.2, 0.25) is 5.91 Å². The number of carbonyl (C=O) groups is 1. The zero-order valence-electron chi connectivity index (χ0n) is 14.0. The van der Waals surface area contributed by atoms with E-state index >= 15 is 0 Å². The summed E-state index contributed by atoms with van der Waals surface area (Å²) in [4.78, 5) is 30.7. The van der Waals surface area contributed by atoms with Gasteiger partial charge in [-0.25, -0.2) is 9.37 Å². The molecule has 1 amide bonds. The van der Waals surface area contributed by atoms with E-state index in [2.05, 4.69) is 4.98 Å². The third-order valence-corrected chi connectivity index (χ3v) is 4.35. The van der Waals surface area contributed by atoms with E-state index in [1.807, 2.05) is 37.3 Å². The summed E-state index contributed by atoms with van der Waals surface area (Å²) in [6.07, 6.45) is 1.32. The van der Waals surface area contributed by atoms with E-state index < -0.39 is 11.4 Å². The van der Waals surface area contributed by atoms with Gasteiger partial charge in [0.25, 0.3) is 5.56 Å². The number of aromatic nitrogens is 2. The van der Waals surface area contributed by atoms with Gasteiger partial charge < -0.3 is 4.90 Å². The van der Waals surface area contributed by atoms with Crippen LogP contribution in [0.4, 0.5) is 4.39 Å². The fourth-order valence-corrected chi connectivity index (χ4v) is 2.67. The van der Waals surface area contributed by atoms with Crippen LogP contribution in [0.3, 0.4) is 0 Å². The average molecular weight is 339 g/mol. The molecular formula is C19H18FN3O2. The topological polar surface area (TPSA) is 55.2 Å². The summed E-state index contributed by atoms with van der Waals surface area (Å²) in [7, 11) is 1.69. The predicted octanol–water partition coefficient (Wildman–Crippen LogP) is 2.76. The second kappa shape index (κ2) is 6.84. The molecule has 3 aromatic rings. The van der Waals surface area contributed by atoms with E-state index in [1.54, 1.807) is 11.9 Å². The zero-order chi connectivity index (χ0) is 18.0. The predicted molar refractivity (Wildman–Crippen MR) is 93.6 cm³/mol. The lowest BCUT2D eigenvalue weighted by Crippen LogP contribution is -2.35. The number of amides is 1. The average Bonchev–Trinajstić information content (AvgIpc) is 2.64. The Hall–Kier alpha value is -3.02. The fraction of sp³-hybridized carbons (Fsp3) is 0.211. The summed E-state index contributed by atoms with van der Waals surface area (Å²) < 4.78 is 14.6. The van der Waals surface area contributed by atoms with E-state index in [0.717, 1.165) is 11.6 Å². The van der Waals surface area contributed by atoms with Crippen molar-refractivity contribution in [2.75, 3.05) is 7.05 Å². The Bertz CT molecular complexity index is 969. The van der Waals surface area contributed by atoms with Gasteiger partial charge in [-0.3, -0.25) is 14.2 Å². The fourth-order valence-electron chi connectivity index (χ4n) is 2.67. The van der Waals surface area contributed by atoms with Crippen molar-refractivity contribution in [3.63, 3.8) is 0 Å². The van der Waals surface area contributed by atoms with Gasteiger partial charge in [-0.05, 0) is 30.7 Å². The maximum atomic E-state index is 13.4. The second-order valence-electron chi connectivity index (χ2n) is 5.93. The molecule has 1 aromatic heterocycles. The first-order valence-corrected chi connectivity index (χ1v) is 7.92. The molecule has 1 atom stereocenters. The monoisotopic (exact) mass is 339 g/mol. The van der Waals surface area contributed by atoms with E-state index in [9.17, 15) is 14.0 Å². The van der Waals surface area contributed by atoms with Crippen molar-refractivity contribution in [1.29, 1.82) is 0 Å². The number of likely N-dealkylation sites (N-methyl/N-ethyl adjacent to an activating group) is 1. The highest BCUT2D eigenvalue weighted by molar-refractivity contribution is 5.79. The van der Waals surface area contributed by atoms with Crippen molar-refractivity contribution in [3.05, 3.63) is 76.6 Å². The van der Waals surface area contributed by atoms with Crippen LogP contribution in [0.1, 0.15) is 18.5 Å². The summed E-state index contributed by atoms with van der Waals surface area (Å²) in [6, 6.07) is 13.3. The summed E-state index contributed by atoms with van der Waals surface area (Å²) in [6.45, 7) is 1.77. The molecule has 0 aliphatic carbocycles. The third-order valence-electron chi connectivity index (χ3n) is 4.35. The Morgan fingerprint density at radius 3 is 2.68 bits per heavy atom. The Morgan fingerprint density at radius 1 is 1.24 bits per heavy atom. The van der Waals surface area contributed by atoms with Gasteiger partial charge in [-0.2, -0.15) is 0 Å². The highest BCUT2D eigenvalue weighted by atomic mass is 19.1. The number of hydrogen-bond acceptors (Lipinski definition) is 3.